The largest absolute Gasteiger partial charge is 0.497 e. The predicted octanol–water partition coefficient (Wildman–Crippen LogP) is 2.00. The lowest BCUT2D eigenvalue weighted by atomic mass is 10.1. The van der Waals surface area contributed by atoms with Gasteiger partial charge in [-0.1, -0.05) is 19.1 Å². The molecule has 0 aromatic heterocycles. The summed E-state index contributed by atoms with van der Waals surface area (Å²) >= 11 is 0. The van der Waals surface area contributed by atoms with Crippen LogP contribution in [0.5, 0.6) is 5.75 Å². The number of amides is 2. The molecule has 0 bridgehead atoms. The van der Waals surface area contributed by atoms with Gasteiger partial charge in [0.25, 0.3) is 0 Å². The summed E-state index contributed by atoms with van der Waals surface area (Å²) in [5.41, 5.74) is 1.13. The number of rotatable bonds is 9. The third-order valence-electron chi connectivity index (χ3n) is 3.43. The third kappa shape index (κ3) is 6.61. The summed E-state index contributed by atoms with van der Waals surface area (Å²) in [7, 11) is 1.64. The van der Waals surface area contributed by atoms with Crippen molar-refractivity contribution >= 4 is 11.8 Å². The number of nitrogens with zero attached hydrogens (tertiary/aromatic N) is 1. The minimum atomic E-state index is 0.0210. The van der Waals surface area contributed by atoms with Crippen molar-refractivity contribution in [2.75, 3.05) is 26.7 Å². The van der Waals surface area contributed by atoms with Crippen LogP contribution in [0.2, 0.25) is 0 Å². The van der Waals surface area contributed by atoms with Crippen molar-refractivity contribution in [2.24, 2.45) is 0 Å². The minimum absolute atomic E-state index is 0.0210. The Labute approximate surface area is 132 Å². The Hall–Kier alpha value is -2.04. The van der Waals surface area contributed by atoms with Crippen LogP contribution in [0.4, 0.5) is 0 Å². The second-order valence-corrected chi connectivity index (χ2v) is 5.21. The molecular formula is C17H26N2O3. The molecule has 0 saturated heterocycles. The standard InChI is InChI=1S/C17H26N2O3/c1-4-6-17(21)18-10-12-19(14(2)20)11-9-15-7-5-8-16(13-15)22-3/h5,7-8,13H,4,6,9-12H2,1-3H3,(H,18,21). The van der Waals surface area contributed by atoms with Gasteiger partial charge in [0.05, 0.1) is 7.11 Å². The van der Waals surface area contributed by atoms with Crippen LogP contribution < -0.4 is 10.1 Å². The van der Waals surface area contributed by atoms with Gasteiger partial charge in [-0.25, -0.2) is 0 Å². The van der Waals surface area contributed by atoms with Gasteiger partial charge in [-0.3, -0.25) is 9.59 Å². The number of carbonyl (C=O) groups excluding carboxylic acids is 2. The molecule has 0 unspecified atom stereocenters. The topological polar surface area (TPSA) is 58.6 Å². The van der Waals surface area contributed by atoms with E-state index in [0.717, 1.165) is 24.2 Å². The number of benzene rings is 1. The summed E-state index contributed by atoms with van der Waals surface area (Å²) in [6, 6.07) is 7.83. The van der Waals surface area contributed by atoms with Crippen LogP contribution in [0.1, 0.15) is 32.3 Å². The molecule has 0 fully saturated rings. The van der Waals surface area contributed by atoms with E-state index in [-0.39, 0.29) is 11.8 Å². The van der Waals surface area contributed by atoms with E-state index in [1.807, 2.05) is 31.2 Å². The van der Waals surface area contributed by atoms with E-state index in [1.165, 1.54) is 0 Å². The first-order valence-electron chi connectivity index (χ1n) is 7.72. The Morgan fingerprint density at radius 2 is 2.05 bits per heavy atom. The second kappa shape index (κ2) is 9.82. The van der Waals surface area contributed by atoms with Crippen LogP contribution in [0.25, 0.3) is 0 Å². The Bertz CT molecular complexity index is 489. The molecule has 22 heavy (non-hydrogen) atoms. The molecule has 0 aliphatic rings. The van der Waals surface area contributed by atoms with Gasteiger partial charge in [-0.05, 0) is 30.5 Å². The van der Waals surface area contributed by atoms with E-state index in [0.29, 0.717) is 26.1 Å². The summed E-state index contributed by atoms with van der Waals surface area (Å²) in [5.74, 6) is 0.880. The van der Waals surface area contributed by atoms with Crippen LogP contribution >= 0.6 is 0 Å². The van der Waals surface area contributed by atoms with Crippen molar-refractivity contribution in [3.05, 3.63) is 29.8 Å². The van der Waals surface area contributed by atoms with E-state index in [9.17, 15) is 9.59 Å². The molecule has 1 aromatic carbocycles. The van der Waals surface area contributed by atoms with Gasteiger partial charge < -0.3 is 15.0 Å². The normalized spacial score (nSPS) is 10.1. The highest BCUT2D eigenvalue weighted by Crippen LogP contribution is 2.13. The highest BCUT2D eigenvalue weighted by Gasteiger charge is 2.09. The number of hydrogen-bond donors (Lipinski definition) is 1. The summed E-state index contributed by atoms with van der Waals surface area (Å²) in [4.78, 5) is 24.8. The summed E-state index contributed by atoms with van der Waals surface area (Å²) in [6.45, 7) is 5.19. The van der Waals surface area contributed by atoms with Crippen molar-refractivity contribution < 1.29 is 14.3 Å². The van der Waals surface area contributed by atoms with Gasteiger partial charge in [0.15, 0.2) is 0 Å². The van der Waals surface area contributed by atoms with E-state index >= 15 is 0 Å². The second-order valence-electron chi connectivity index (χ2n) is 5.21. The first-order valence-corrected chi connectivity index (χ1v) is 7.72. The molecule has 5 heteroatoms. The number of methoxy groups -OCH3 is 1. The number of carbonyl (C=O) groups is 2. The van der Waals surface area contributed by atoms with Gasteiger partial charge in [0.1, 0.15) is 5.75 Å². The molecule has 1 N–H and O–H groups in total. The Morgan fingerprint density at radius 1 is 1.27 bits per heavy atom. The fourth-order valence-corrected chi connectivity index (χ4v) is 2.16. The van der Waals surface area contributed by atoms with Gasteiger partial charge in [-0.2, -0.15) is 0 Å². The van der Waals surface area contributed by atoms with Crippen molar-refractivity contribution in [1.29, 1.82) is 0 Å². The molecule has 0 saturated carbocycles. The first-order chi connectivity index (χ1) is 10.6. The van der Waals surface area contributed by atoms with Gasteiger partial charge in [-0.15, -0.1) is 0 Å². The zero-order valence-electron chi connectivity index (χ0n) is 13.7. The van der Waals surface area contributed by atoms with E-state index in [2.05, 4.69) is 5.32 Å². The third-order valence-corrected chi connectivity index (χ3v) is 3.43. The smallest absolute Gasteiger partial charge is 0.220 e. The Balaban J connectivity index is 2.43. The first kappa shape index (κ1) is 18.0. The molecule has 0 heterocycles. The lowest BCUT2D eigenvalue weighted by Gasteiger charge is -2.21. The lowest BCUT2D eigenvalue weighted by molar-refractivity contribution is -0.129. The molecule has 0 aliphatic carbocycles. The van der Waals surface area contributed by atoms with E-state index < -0.39 is 0 Å². The van der Waals surface area contributed by atoms with Gasteiger partial charge in [0.2, 0.25) is 11.8 Å². The van der Waals surface area contributed by atoms with Gasteiger partial charge >= 0.3 is 0 Å². The summed E-state index contributed by atoms with van der Waals surface area (Å²) in [5, 5.41) is 2.83. The predicted molar refractivity (Wildman–Crippen MR) is 86.9 cm³/mol. The van der Waals surface area contributed by atoms with Crippen molar-refractivity contribution in [1.82, 2.24) is 10.2 Å². The van der Waals surface area contributed by atoms with Crippen molar-refractivity contribution in [3.8, 4) is 5.75 Å². The average Bonchev–Trinajstić information content (AvgIpc) is 2.50. The number of nitrogens with one attached hydrogen (secondary N) is 1. The fourth-order valence-electron chi connectivity index (χ4n) is 2.16. The number of ether oxygens (including phenoxy) is 1. The molecule has 2 amide bonds. The Kier molecular flexibility index (Phi) is 8.04. The number of hydrogen-bond acceptors (Lipinski definition) is 3. The SMILES string of the molecule is CCCC(=O)NCCN(CCc1cccc(OC)c1)C(C)=O. The zero-order valence-corrected chi connectivity index (χ0v) is 13.7. The lowest BCUT2D eigenvalue weighted by Crippen LogP contribution is -2.38. The van der Waals surface area contributed by atoms with E-state index in [4.69, 9.17) is 4.74 Å². The molecule has 1 aromatic rings. The van der Waals surface area contributed by atoms with Crippen molar-refractivity contribution in [3.63, 3.8) is 0 Å². The van der Waals surface area contributed by atoms with Crippen LogP contribution in [0.3, 0.4) is 0 Å². The fraction of sp³-hybridized carbons (Fsp3) is 0.529. The molecule has 1 rings (SSSR count). The van der Waals surface area contributed by atoms with Crippen LogP contribution in [-0.4, -0.2) is 43.5 Å². The molecule has 122 valence electrons. The Morgan fingerprint density at radius 3 is 2.68 bits per heavy atom. The summed E-state index contributed by atoms with van der Waals surface area (Å²) in [6.07, 6.45) is 2.13. The quantitative estimate of drug-likeness (QED) is 0.759. The van der Waals surface area contributed by atoms with E-state index in [1.54, 1.807) is 18.9 Å². The monoisotopic (exact) mass is 306 g/mol. The van der Waals surface area contributed by atoms with Crippen LogP contribution in [0.15, 0.2) is 24.3 Å². The zero-order chi connectivity index (χ0) is 16.4. The minimum Gasteiger partial charge on any atom is -0.497 e. The molecule has 0 atom stereocenters. The van der Waals surface area contributed by atoms with Crippen LogP contribution in [0, 0.1) is 0 Å². The maximum atomic E-state index is 11.7. The molecule has 0 aliphatic heterocycles. The molecular weight excluding hydrogens is 280 g/mol. The van der Waals surface area contributed by atoms with Crippen molar-refractivity contribution in [2.45, 2.75) is 33.1 Å². The maximum Gasteiger partial charge on any atom is 0.220 e. The average molecular weight is 306 g/mol. The highest BCUT2D eigenvalue weighted by atomic mass is 16.5. The summed E-state index contributed by atoms with van der Waals surface area (Å²) < 4.78 is 5.20. The maximum absolute atomic E-state index is 11.7. The van der Waals surface area contributed by atoms with Crippen LogP contribution in [-0.2, 0) is 16.0 Å². The highest BCUT2D eigenvalue weighted by molar-refractivity contribution is 5.76. The molecule has 0 spiro atoms. The molecule has 0 radical (unpaired) electrons. The van der Waals surface area contributed by atoms with Gasteiger partial charge in [0, 0.05) is 33.0 Å². The molecule has 5 nitrogen and oxygen atoms in total.